The molecule has 1 rings (SSSR count). The molecule has 0 saturated carbocycles. The van der Waals surface area contributed by atoms with E-state index < -0.39 is 17.5 Å². The third-order valence-corrected chi connectivity index (χ3v) is 2.23. The highest BCUT2D eigenvalue weighted by Gasteiger charge is 2.46. The van der Waals surface area contributed by atoms with Crippen LogP contribution >= 0.6 is 0 Å². The molecule has 0 aliphatic heterocycles. The number of methoxy groups -OCH3 is 2. The van der Waals surface area contributed by atoms with Crippen molar-refractivity contribution in [2.24, 2.45) is 0 Å². The Labute approximate surface area is 96.8 Å². The number of alkyl halides is 2. The smallest absolute Gasteiger partial charge is 0.379 e. The van der Waals surface area contributed by atoms with Crippen molar-refractivity contribution in [2.45, 2.75) is 12.8 Å². The van der Waals surface area contributed by atoms with Gasteiger partial charge in [0.2, 0.25) is 0 Å². The summed E-state index contributed by atoms with van der Waals surface area (Å²) in [7, 11) is 2.38. The second-order valence-electron chi connectivity index (χ2n) is 3.42. The average Bonchev–Trinajstić information content (AvgIpc) is 2.26. The summed E-state index contributed by atoms with van der Waals surface area (Å²) in [4.78, 5) is 10.6. The number of benzene rings is 1. The van der Waals surface area contributed by atoms with Crippen LogP contribution < -0.4 is 9.47 Å². The topological polar surface area (TPSA) is 55.8 Å². The number of carbonyl (C=O) groups is 1. The second-order valence-corrected chi connectivity index (χ2v) is 3.42. The van der Waals surface area contributed by atoms with Gasteiger partial charge in [-0.2, -0.15) is 8.78 Å². The van der Waals surface area contributed by atoms with E-state index in [4.69, 9.17) is 14.6 Å². The van der Waals surface area contributed by atoms with Crippen LogP contribution in [-0.4, -0.2) is 25.3 Å². The number of rotatable bonds is 4. The summed E-state index contributed by atoms with van der Waals surface area (Å²) in [5, 5.41) is 8.54. The summed E-state index contributed by atoms with van der Waals surface area (Å²) in [6.45, 7) is 1.66. The van der Waals surface area contributed by atoms with Crippen molar-refractivity contribution in [3.8, 4) is 11.5 Å². The number of aryl methyl sites for hydroxylation is 1. The molecule has 1 aromatic rings. The minimum Gasteiger partial charge on any atom is -0.496 e. The van der Waals surface area contributed by atoms with Gasteiger partial charge < -0.3 is 14.6 Å². The molecule has 0 fully saturated rings. The van der Waals surface area contributed by atoms with E-state index in [1.54, 1.807) is 6.92 Å². The van der Waals surface area contributed by atoms with E-state index >= 15 is 0 Å². The van der Waals surface area contributed by atoms with E-state index in [1.807, 2.05) is 0 Å². The number of hydrogen-bond acceptors (Lipinski definition) is 3. The first-order valence-corrected chi connectivity index (χ1v) is 4.69. The average molecular weight is 246 g/mol. The lowest BCUT2D eigenvalue weighted by molar-refractivity contribution is -0.166. The van der Waals surface area contributed by atoms with Gasteiger partial charge in [0.15, 0.2) is 0 Å². The maximum atomic E-state index is 13.5. The fourth-order valence-corrected chi connectivity index (χ4v) is 1.46. The number of carboxylic acid groups (broad SMARTS) is 1. The van der Waals surface area contributed by atoms with Gasteiger partial charge in [0.1, 0.15) is 17.1 Å². The van der Waals surface area contributed by atoms with Crippen LogP contribution in [0, 0.1) is 6.92 Å². The maximum absolute atomic E-state index is 13.5. The standard InChI is InChI=1S/C11H12F2O4/c1-6-4-7(16-2)9(8(5-6)17-3)11(12,13)10(14)15/h4-5H,1-3H3,(H,14,15). The van der Waals surface area contributed by atoms with Crippen molar-refractivity contribution in [3.63, 3.8) is 0 Å². The van der Waals surface area contributed by atoms with E-state index in [2.05, 4.69) is 0 Å². The lowest BCUT2D eigenvalue weighted by atomic mass is 10.0. The lowest BCUT2D eigenvalue weighted by Gasteiger charge is -2.19. The number of ether oxygens (including phenoxy) is 2. The molecule has 0 bridgehead atoms. The summed E-state index contributed by atoms with van der Waals surface area (Å²) in [6.07, 6.45) is 0. The quantitative estimate of drug-likeness (QED) is 0.884. The van der Waals surface area contributed by atoms with Crippen LogP contribution in [0.15, 0.2) is 12.1 Å². The van der Waals surface area contributed by atoms with Gasteiger partial charge in [0.25, 0.3) is 0 Å². The molecule has 0 aliphatic rings. The first-order valence-electron chi connectivity index (χ1n) is 4.69. The molecule has 0 saturated heterocycles. The van der Waals surface area contributed by atoms with E-state index in [1.165, 1.54) is 26.4 Å². The van der Waals surface area contributed by atoms with E-state index in [0.29, 0.717) is 5.56 Å². The number of hydrogen-bond donors (Lipinski definition) is 1. The molecule has 1 N–H and O–H groups in total. The van der Waals surface area contributed by atoms with Crippen molar-refractivity contribution >= 4 is 5.97 Å². The molecule has 0 spiro atoms. The molecule has 0 atom stereocenters. The van der Waals surface area contributed by atoms with Gasteiger partial charge in [-0.3, -0.25) is 0 Å². The zero-order valence-corrected chi connectivity index (χ0v) is 9.58. The molecule has 0 radical (unpaired) electrons. The molecule has 0 aliphatic carbocycles. The lowest BCUT2D eigenvalue weighted by Crippen LogP contribution is -2.26. The van der Waals surface area contributed by atoms with E-state index in [0.717, 1.165) is 0 Å². The Morgan fingerprint density at radius 1 is 1.24 bits per heavy atom. The fraction of sp³-hybridized carbons (Fsp3) is 0.364. The zero-order chi connectivity index (χ0) is 13.2. The third kappa shape index (κ3) is 2.30. The normalized spacial score (nSPS) is 11.1. The van der Waals surface area contributed by atoms with Crippen molar-refractivity contribution < 1.29 is 28.2 Å². The number of aliphatic carboxylic acids is 1. The summed E-state index contributed by atoms with van der Waals surface area (Å²) in [6, 6.07) is 2.66. The Kier molecular flexibility index (Phi) is 3.55. The molecular formula is C11H12F2O4. The van der Waals surface area contributed by atoms with Crippen LogP contribution in [0.3, 0.4) is 0 Å². The van der Waals surface area contributed by atoms with Crippen LogP contribution in [0.2, 0.25) is 0 Å². The van der Waals surface area contributed by atoms with Crippen LogP contribution in [0.4, 0.5) is 8.78 Å². The molecule has 0 amide bonds. The van der Waals surface area contributed by atoms with Crippen LogP contribution in [0.25, 0.3) is 0 Å². The Morgan fingerprint density at radius 2 is 1.65 bits per heavy atom. The van der Waals surface area contributed by atoms with Crippen molar-refractivity contribution in [1.82, 2.24) is 0 Å². The predicted octanol–water partition coefficient (Wildman–Crippen LogP) is 2.19. The van der Waals surface area contributed by atoms with Gasteiger partial charge >= 0.3 is 11.9 Å². The largest absolute Gasteiger partial charge is 0.496 e. The first-order chi connectivity index (χ1) is 7.84. The summed E-state index contributed by atoms with van der Waals surface area (Å²) < 4.78 is 36.7. The fourth-order valence-electron chi connectivity index (χ4n) is 1.46. The van der Waals surface area contributed by atoms with Crippen LogP contribution in [0.5, 0.6) is 11.5 Å². The van der Waals surface area contributed by atoms with Gasteiger partial charge in [0, 0.05) is 0 Å². The molecule has 1 aromatic carbocycles. The van der Waals surface area contributed by atoms with Crippen molar-refractivity contribution in [2.75, 3.05) is 14.2 Å². The first kappa shape index (κ1) is 13.2. The van der Waals surface area contributed by atoms with Gasteiger partial charge in [-0.15, -0.1) is 0 Å². The number of carboxylic acids is 1. The summed E-state index contributed by atoms with van der Waals surface area (Å²) >= 11 is 0. The highest BCUT2D eigenvalue weighted by molar-refractivity contribution is 5.80. The molecule has 4 nitrogen and oxygen atoms in total. The van der Waals surface area contributed by atoms with E-state index in [9.17, 15) is 13.6 Å². The Balaban J connectivity index is 3.54. The zero-order valence-electron chi connectivity index (χ0n) is 9.58. The van der Waals surface area contributed by atoms with Gasteiger partial charge in [-0.05, 0) is 24.6 Å². The van der Waals surface area contributed by atoms with Crippen molar-refractivity contribution in [3.05, 3.63) is 23.3 Å². The third-order valence-electron chi connectivity index (χ3n) is 2.23. The Bertz CT molecular complexity index is 418. The van der Waals surface area contributed by atoms with Gasteiger partial charge in [-0.1, -0.05) is 0 Å². The summed E-state index contributed by atoms with van der Waals surface area (Å²) in [5.41, 5.74) is -0.149. The molecule has 17 heavy (non-hydrogen) atoms. The highest BCUT2D eigenvalue weighted by Crippen LogP contribution is 2.42. The summed E-state index contributed by atoms with van der Waals surface area (Å²) in [5.74, 6) is -6.74. The van der Waals surface area contributed by atoms with Crippen LogP contribution in [0.1, 0.15) is 11.1 Å². The molecule has 0 unspecified atom stereocenters. The maximum Gasteiger partial charge on any atom is 0.379 e. The molecule has 0 heterocycles. The molecular weight excluding hydrogens is 234 g/mol. The van der Waals surface area contributed by atoms with Gasteiger partial charge in [-0.25, -0.2) is 4.79 Å². The molecule has 94 valence electrons. The van der Waals surface area contributed by atoms with Gasteiger partial charge in [0.05, 0.1) is 14.2 Å². The number of halogens is 2. The monoisotopic (exact) mass is 246 g/mol. The minimum absolute atomic E-state index is 0.214. The molecule has 6 heteroatoms. The van der Waals surface area contributed by atoms with Crippen LogP contribution in [-0.2, 0) is 10.7 Å². The second kappa shape index (κ2) is 4.57. The SMILES string of the molecule is COc1cc(C)cc(OC)c1C(F)(F)C(=O)O. The predicted molar refractivity (Wildman–Crippen MR) is 55.8 cm³/mol. The van der Waals surface area contributed by atoms with E-state index in [-0.39, 0.29) is 11.5 Å². The minimum atomic E-state index is -4.07. The highest BCUT2D eigenvalue weighted by atomic mass is 19.3. The van der Waals surface area contributed by atoms with Crippen molar-refractivity contribution in [1.29, 1.82) is 0 Å². The molecule has 0 aromatic heterocycles. The Morgan fingerprint density at radius 3 is 1.94 bits per heavy atom. The Hall–Kier alpha value is -1.85.